The molecule has 1 aliphatic carbocycles. The van der Waals surface area contributed by atoms with Crippen molar-refractivity contribution >= 4 is 11.6 Å². The molecular formula is C19H20N2O3. The largest absolute Gasteiger partial charge is 0.346 e. The molecular weight excluding hydrogens is 304 g/mol. The van der Waals surface area contributed by atoms with Crippen LogP contribution in [0.15, 0.2) is 36.4 Å². The van der Waals surface area contributed by atoms with E-state index in [9.17, 15) is 14.9 Å². The Kier molecular flexibility index (Phi) is 4.34. The molecule has 0 bridgehead atoms. The molecule has 1 aliphatic rings. The number of nitrogens with one attached hydrogen (secondary N) is 1. The van der Waals surface area contributed by atoms with Crippen LogP contribution in [0.5, 0.6) is 0 Å². The third-order valence-corrected chi connectivity index (χ3v) is 4.63. The van der Waals surface area contributed by atoms with Crippen LogP contribution in [-0.2, 0) is 12.8 Å². The van der Waals surface area contributed by atoms with Gasteiger partial charge < -0.3 is 5.32 Å². The second-order valence-corrected chi connectivity index (χ2v) is 6.34. The minimum atomic E-state index is -0.440. The number of amides is 1. The number of carbonyl (C=O) groups is 1. The average molecular weight is 324 g/mol. The topological polar surface area (TPSA) is 72.2 Å². The fourth-order valence-electron chi connectivity index (χ4n) is 3.23. The predicted molar refractivity (Wildman–Crippen MR) is 92.2 cm³/mol. The van der Waals surface area contributed by atoms with Crippen LogP contribution in [0, 0.1) is 17.0 Å². The number of nitro groups is 1. The van der Waals surface area contributed by atoms with E-state index in [1.807, 2.05) is 6.92 Å². The quantitative estimate of drug-likeness (QED) is 0.685. The van der Waals surface area contributed by atoms with Crippen LogP contribution in [0.25, 0.3) is 0 Å². The van der Waals surface area contributed by atoms with Gasteiger partial charge in [-0.15, -0.1) is 0 Å². The van der Waals surface area contributed by atoms with Crippen LogP contribution in [0.3, 0.4) is 0 Å². The van der Waals surface area contributed by atoms with Crippen LogP contribution >= 0.6 is 0 Å². The summed E-state index contributed by atoms with van der Waals surface area (Å²) in [5.41, 5.74) is 4.81. The molecule has 0 saturated heterocycles. The number of nitro benzene ring substituents is 1. The van der Waals surface area contributed by atoms with Crippen LogP contribution in [0.1, 0.15) is 52.0 Å². The number of nitrogens with zero attached hydrogens (tertiary/aromatic N) is 1. The van der Waals surface area contributed by atoms with Gasteiger partial charge in [0.1, 0.15) is 0 Å². The number of fused-ring (bicyclic) bond motifs is 1. The Balaban J connectivity index is 1.74. The van der Waals surface area contributed by atoms with Crippen molar-refractivity contribution < 1.29 is 9.72 Å². The zero-order valence-corrected chi connectivity index (χ0v) is 13.8. The summed E-state index contributed by atoms with van der Waals surface area (Å²) in [6, 6.07) is 10.7. The van der Waals surface area contributed by atoms with Gasteiger partial charge >= 0.3 is 0 Å². The van der Waals surface area contributed by atoms with E-state index in [1.165, 1.54) is 29.7 Å². The third kappa shape index (κ3) is 3.15. The Morgan fingerprint density at radius 3 is 2.62 bits per heavy atom. The molecule has 1 N–H and O–H groups in total. The van der Waals surface area contributed by atoms with Crippen molar-refractivity contribution in [2.75, 3.05) is 0 Å². The molecule has 0 fully saturated rings. The molecule has 0 saturated carbocycles. The second kappa shape index (κ2) is 6.43. The molecule has 5 nitrogen and oxygen atoms in total. The second-order valence-electron chi connectivity index (χ2n) is 6.34. The van der Waals surface area contributed by atoms with Gasteiger partial charge in [0.25, 0.3) is 11.6 Å². The number of rotatable bonds is 4. The molecule has 0 radical (unpaired) electrons. The smallest absolute Gasteiger partial charge is 0.272 e. The molecule has 3 rings (SSSR count). The summed E-state index contributed by atoms with van der Waals surface area (Å²) in [5.74, 6) is -0.221. The van der Waals surface area contributed by atoms with Gasteiger partial charge in [-0.2, -0.15) is 0 Å². The summed E-state index contributed by atoms with van der Waals surface area (Å²) in [4.78, 5) is 22.8. The molecule has 0 heterocycles. The first kappa shape index (κ1) is 16.2. The number of hydrogen-bond acceptors (Lipinski definition) is 3. The molecule has 124 valence electrons. The highest BCUT2D eigenvalue weighted by molar-refractivity contribution is 5.95. The van der Waals surface area contributed by atoms with E-state index in [0.717, 1.165) is 18.4 Å². The molecule has 1 atom stereocenters. The van der Waals surface area contributed by atoms with Crippen molar-refractivity contribution in [2.24, 2.45) is 0 Å². The lowest BCUT2D eigenvalue weighted by Gasteiger charge is -2.16. The van der Waals surface area contributed by atoms with Gasteiger partial charge in [0, 0.05) is 17.2 Å². The van der Waals surface area contributed by atoms with Crippen molar-refractivity contribution in [3.05, 3.63) is 74.3 Å². The molecule has 2 aromatic rings. The van der Waals surface area contributed by atoms with Gasteiger partial charge in [-0.25, -0.2) is 0 Å². The minimum absolute atomic E-state index is 0.0261. The summed E-state index contributed by atoms with van der Waals surface area (Å²) in [5, 5.41) is 13.8. The molecule has 0 aliphatic heterocycles. The SMILES string of the molecule is Cc1cc(C(=O)NC(C)c2ccc3c(c2)CCC3)ccc1[N+](=O)[O-]. The zero-order chi connectivity index (χ0) is 17.3. The first-order chi connectivity index (χ1) is 11.5. The van der Waals surface area contributed by atoms with E-state index < -0.39 is 4.92 Å². The maximum atomic E-state index is 12.4. The van der Waals surface area contributed by atoms with E-state index in [-0.39, 0.29) is 17.6 Å². The summed E-state index contributed by atoms with van der Waals surface area (Å²) in [6.45, 7) is 3.59. The van der Waals surface area contributed by atoms with Gasteiger partial charge in [-0.05, 0) is 61.9 Å². The Morgan fingerprint density at radius 2 is 1.92 bits per heavy atom. The normalized spacial score (nSPS) is 14.1. The highest BCUT2D eigenvalue weighted by Gasteiger charge is 2.17. The number of aryl methyl sites for hydroxylation is 3. The van der Waals surface area contributed by atoms with Crippen LogP contribution in [0.4, 0.5) is 5.69 Å². The lowest BCUT2D eigenvalue weighted by molar-refractivity contribution is -0.385. The Morgan fingerprint density at radius 1 is 1.17 bits per heavy atom. The molecule has 1 unspecified atom stereocenters. The van der Waals surface area contributed by atoms with Gasteiger partial charge in [0.15, 0.2) is 0 Å². The maximum absolute atomic E-state index is 12.4. The Hall–Kier alpha value is -2.69. The van der Waals surface area contributed by atoms with Gasteiger partial charge in [-0.1, -0.05) is 18.2 Å². The summed E-state index contributed by atoms with van der Waals surface area (Å²) < 4.78 is 0. The number of hydrogen-bond donors (Lipinski definition) is 1. The van der Waals surface area contributed by atoms with E-state index in [1.54, 1.807) is 13.0 Å². The van der Waals surface area contributed by atoms with Crippen LogP contribution in [-0.4, -0.2) is 10.8 Å². The number of benzene rings is 2. The Labute approximate surface area is 140 Å². The average Bonchev–Trinajstić information content (AvgIpc) is 3.01. The van der Waals surface area contributed by atoms with Crippen LogP contribution in [0.2, 0.25) is 0 Å². The minimum Gasteiger partial charge on any atom is -0.346 e. The standard InChI is InChI=1S/C19H20N2O3/c1-12-10-17(8-9-18(12)21(23)24)19(22)20-13(2)15-7-6-14-4-3-5-16(14)11-15/h6-11,13H,3-5H2,1-2H3,(H,20,22). The van der Waals surface area contributed by atoms with Crippen molar-refractivity contribution in [3.8, 4) is 0 Å². The molecule has 0 spiro atoms. The number of carbonyl (C=O) groups excluding carboxylic acids is 1. The van der Waals surface area contributed by atoms with E-state index in [4.69, 9.17) is 0 Å². The van der Waals surface area contributed by atoms with Crippen LogP contribution < -0.4 is 5.32 Å². The van der Waals surface area contributed by atoms with Crippen molar-refractivity contribution in [2.45, 2.75) is 39.2 Å². The highest BCUT2D eigenvalue weighted by atomic mass is 16.6. The predicted octanol–water partition coefficient (Wildman–Crippen LogP) is 3.88. The zero-order valence-electron chi connectivity index (χ0n) is 13.8. The molecule has 0 aromatic heterocycles. The first-order valence-electron chi connectivity index (χ1n) is 8.13. The van der Waals surface area contributed by atoms with E-state index >= 15 is 0 Å². The maximum Gasteiger partial charge on any atom is 0.272 e. The third-order valence-electron chi connectivity index (χ3n) is 4.63. The fraction of sp³-hybridized carbons (Fsp3) is 0.316. The van der Waals surface area contributed by atoms with Gasteiger partial charge in [-0.3, -0.25) is 14.9 Å². The van der Waals surface area contributed by atoms with Crippen molar-refractivity contribution in [1.29, 1.82) is 0 Å². The van der Waals surface area contributed by atoms with E-state index in [0.29, 0.717) is 11.1 Å². The van der Waals surface area contributed by atoms with E-state index in [2.05, 4.69) is 23.5 Å². The van der Waals surface area contributed by atoms with Crippen molar-refractivity contribution in [1.82, 2.24) is 5.32 Å². The fourth-order valence-corrected chi connectivity index (χ4v) is 3.23. The highest BCUT2D eigenvalue weighted by Crippen LogP contribution is 2.26. The Bertz CT molecular complexity index is 814. The molecule has 5 heteroatoms. The lowest BCUT2D eigenvalue weighted by atomic mass is 10.0. The summed E-state index contributed by atoms with van der Waals surface area (Å²) in [6.07, 6.45) is 3.44. The monoisotopic (exact) mass is 324 g/mol. The molecule has 24 heavy (non-hydrogen) atoms. The lowest BCUT2D eigenvalue weighted by Crippen LogP contribution is -2.26. The summed E-state index contributed by atoms with van der Waals surface area (Å²) in [7, 11) is 0. The van der Waals surface area contributed by atoms with Gasteiger partial charge in [0.05, 0.1) is 11.0 Å². The summed E-state index contributed by atoms with van der Waals surface area (Å²) >= 11 is 0. The molecule has 2 aromatic carbocycles. The first-order valence-corrected chi connectivity index (χ1v) is 8.13. The van der Waals surface area contributed by atoms with Crippen molar-refractivity contribution in [3.63, 3.8) is 0 Å². The van der Waals surface area contributed by atoms with Gasteiger partial charge in [0.2, 0.25) is 0 Å². The molecule has 1 amide bonds.